The van der Waals surface area contributed by atoms with Crippen LogP contribution in [0.3, 0.4) is 0 Å². The molecule has 0 unspecified atom stereocenters. The number of hydrogen-bond acceptors (Lipinski definition) is 2. The number of unbranched alkanes of at least 4 members (excludes halogenated alkanes) is 5. The fraction of sp³-hybridized carbons (Fsp3) is 0.632. The van der Waals surface area contributed by atoms with Gasteiger partial charge in [-0.3, -0.25) is 4.79 Å². The van der Waals surface area contributed by atoms with Crippen molar-refractivity contribution in [2.75, 3.05) is 0 Å². The zero-order valence-corrected chi connectivity index (χ0v) is 14.6. The highest BCUT2D eigenvalue weighted by molar-refractivity contribution is 5.66. The maximum absolute atomic E-state index is 10.1. The van der Waals surface area contributed by atoms with Gasteiger partial charge in [0.2, 0.25) is 0 Å². The summed E-state index contributed by atoms with van der Waals surface area (Å²) in [6, 6.07) is 5.81. The van der Waals surface area contributed by atoms with E-state index >= 15 is 0 Å². The van der Waals surface area contributed by atoms with Crippen LogP contribution in [0.1, 0.15) is 82.8 Å². The van der Waals surface area contributed by atoms with Crippen LogP contribution >= 0.6 is 0 Å². The molecule has 3 heteroatoms. The van der Waals surface area contributed by atoms with Gasteiger partial charge in [0.25, 0.3) is 0 Å². The number of carboxylic acids is 1. The normalized spacial score (nSPS) is 10.2. The minimum Gasteiger partial charge on any atom is -0.508 e. The second-order valence-electron chi connectivity index (χ2n) is 6.13. The molecule has 126 valence electrons. The molecule has 0 radical (unpaired) electrons. The number of carbonyl (C=O) groups is 1. The Balaban J connectivity index is 0.000000401. The van der Waals surface area contributed by atoms with E-state index in [1.54, 1.807) is 6.07 Å². The third-order valence-corrected chi connectivity index (χ3v) is 3.55. The van der Waals surface area contributed by atoms with Crippen molar-refractivity contribution in [3.8, 4) is 5.75 Å². The topological polar surface area (TPSA) is 57.5 Å². The van der Waals surface area contributed by atoms with Crippen molar-refractivity contribution in [1.82, 2.24) is 0 Å². The highest BCUT2D eigenvalue weighted by Gasteiger charge is 2.03. The Bertz CT molecular complexity index is 425. The van der Waals surface area contributed by atoms with E-state index < -0.39 is 5.97 Å². The number of rotatable bonds is 8. The van der Waals surface area contributed by atoms with Gasteiger partial charge in [-0.05, 0) is 36.5 Å². The highest BCUT2D eigenvalue weighted by Crippen LogP contribution is 2.25. The van der Waals surface area contributed by atoms with Crippen molar-refractivity contribution in [3.05, 3.63) is 29.3 Å². The number of hydrogen-bond donors (Lipinski definition) is 2. The van der Waals surface area contributed by atoms with Gasteiger partial charge in [-0.1, -0.05) is 65.0 Å². The van der Waals surface area contributed by atoms with Crippen LogP contribution in [0.5, 0.6) is 5.75 Å². The highest BCUT2D eigenvalue weighted by atomic mass is 16.4. The van der Waals surface area contributed by atoms with Crippen LogP contribution in [0.4, 0.5) is 0 Å². The summed E-state index contributed by atoms with van der Waals surface area (Å²) in [6.07, 6.45) is 7.25. The van der Waals surface area contributed by atoms with Crippen LogP contribution in [0.25, 0.3) is 0 Å². The lowest BCUT2D eigenvalue weighted by molar-refractivity contribution is -0.137. The van der Waals surface area contributed by atoms with E-state index in [-0.39, 0.29) is 0 Å². The van der Waals surface area contributed by atoms with Gasteiger partial charge in [0, 0.05) is 6.42 Å². The summed E-state index contributed by atoms with van der Waals surface area (Å²) < 4.78 is 0. The van der Waals surface area contributed by atoms with E-state index in [2.05, 4.69) is 20.8 Å². The van der Waals surface area contributed by atoms with Crippen molar-refractivity contribution in [1.29, 1.82) is 0 Å². The Morgan fingerprint density at radius 2 is 1.68 bits per heavy atom. The maximum Gasteiger partial charge on any atom is 0.303 e. The molecule has 0 aliphatic carbocycles. The molecule has 0 aliphatic rings. The van der Waals surface area contributed by atoms with E-state index in [1.165, 1.54) is 25.7 Å². The zero-order valence-electron chi connectivity index (χ0n) is 14.6. The van der Waals surface area contributed by atoms with Crippen LogP contribution in [0.15, 0.2) is 18.2 Å². The number of benzene rings is 1. The number of aliphatic carboxylic acids is 1. The van der Waals surface area contributed by atoms with Gasteiger partial charge in [0.05, 0.1) is 0 Å². The van der Waals surface area contributed by atoms with Gasteiger partial charge in [0.1, 0.15) is 5.75 Å². The maximum atomic E-state index is 10.1. The third-order valence-electron chi connectivity index (χ3n) is 3.55. The summed E-state index contributed by atoms with van der Waals surface area (Å²) in [4.78, 5) is 10.1. The number of phenolic OH excluding ortho intramolecular Hbond substituents is 1. The van der Waals surface area contributed by atoms with Crippen LogP contribution in [-0.2, 0) is 4.79 Å². The summed E-state index contributed by atoms with van der Waals surface area (Å²) in [5.41, 5.74) is 2.13. The van der Waals surface area contributed by atoms with E-state index in [0.29, 0.717) is 18.1 Å². The molecule has 1 aromatic rings. The van der Waals surface area contributed by atoms with Crippen molar-refractivity contribution in [2.24, 2.45) is 0 Å². The summed E-state index contributed by atoms with van der Waals surface area (Å²) in [5.74, 6) is 0.149. The van der Waals surface area contributed by atoms with Gasteiger partial charge in [-0.2, -0.15) is 0 Å². The third kappa shape index (κ3) is 10.3. The van der Waals surface area contributed by atoms with Crippen molar-refractivity contribution in [3.63, 3.8) is 0 Å². The average Bonchev–Trinajstić information content (AvgIpc) is 2.42. The molecule has 0 amide bonds. The molecule has 0 atom stereocenters. The molecule has 0 aromatic heterocycles. The summed E-state index contributed by atoms with van der Waals surface area (Å²) in [6.45, 7) is 8.30. The molecular formula is C19H32O3. The first-order valence-corrected chi connectivity index (χ1v) is 8.39. The molecule has 1 aromatic carbocycles. The molecule has 0 aliphatic heterocycles. The molecule has 3 nitrogen and oxygen atoms in total. The van der Waals surface area contributed by atoms with E-state index in [4.69, 9.17) is 5.11 Å². The molecule has 1 rings (SSSR count). The first-order valence-electron chi connectivity index (χ1n) is 8.39. The van der Waals surface area contributed by atoms with Crippen LogP contribution < -0.4 is 0 Å². The van der Waals surface area contributed by atoms with Gasteiger partial charge < -0.3 is 10.2 Å². The lowest BCUT2D eigenvalue weighted by Gasteiger charge is -2.07. The Kier molecular flexibility index (Phi) is 11.2. The van der Waals surface area contributed by atoms with Crippen LogP contribution in [-0.4, -0.2) is 16.2 Å². The number of phenols is 1. The van der Waals surface area contributed by atoms with Crippen molar-refractivity contribution in [2.45, 2.75) is 78.6 Å². The van der Waals surface area contributed by atoms with E-state index in [9.17, 15) is 9.90 Å². The summed E-state index contributed by atoms with van der Waals surface area (Å²) in [7, 11) is 0. The Morgan fingerprint density at radius 1 is 1.09 bits per heavy atom. The van der Waals surface area contributed by atoms with E-state index in [1.807, 2.05) is 19.1 Å². The lowest BCUT2D eigenvalue weighted by atomic mass is 10.0. The second kappa shape index (κ2) is 12.1. The Hall–Kier alpha value is -1.51. The number of carboxylic acid groups (broad SMARTS) is 1. The largest absolute Gasteiger partial charge is 0.508 e. The average molecular weight is 308 g/mol. The number of aryl methyl sites for hydroxylation is 1. The standard InChI is InChI=1S/C10H14O.C9H18O2/c1-7(2)9-5-4-8(3)6-10(9)11;1-2-3-4-5-6-7-8-9(10)11/h4-7,11H,1-3H3;2-8H2,1H3,(H,10,11). The molecule has 2 N–H and O–H groups in total. The fourth-order valence-corrected chi connectivity index (χ4v) is 2.20. The first-order chi connectivity index (χ1) is 10.4. The van der Waals surface area contributed by atoms with Gasteiger partial charge in [-0.25, -0.2) is 0 Å². The second-order valence-corrected chi connectivity index (χ2v) is 6.13. The zero-order chi connectivity index (χ0) is 17.0. The van der Waals surface area contributed by atoms with Gasteiger partial charge in [-0.15, -0.1) is 0 Å². The monoisotopic (exact) mass is 308 g/mol. The van der Waals surface area contributed by atoms with Gasteiger partial charge in [0.15, 0.2) is 0 Å². The van der Waals surface area contributed by atoms with Crippen molar-refractivity contribution >= 4 is 5.97 Å². The van der Waals surface area contributed by atoms with E-state index in [0.717, 1.165) is 24.0 Å². The summed E-state index contributed by atoms with van der Waals surface area (Å²) in [5, 5.41) is 17.8. The first kappa shape index (κ1) is 20.5. The Labute approximate surface area is 135 Å². The lowest BCUT2D eigenvalue weighted by Crippen LogP contribution is -1.93. The van der Waals surface area contributed by atoms with Crippen LogP contribution in [0, 0.1) is 6.92 Å². The molecule has 22 heavy (non-hydrogen) atoms. The number of aromatic hydroxyl groups is 1. The fourth-order valence-electron chi connectivity index (χ4n) is 2.20. The Morgan fingerprint density at radius 3 is 2.18 bits per heavy atom. The molecule has 0 saturated carbocycles. The van der Waals surface area contributed by atoms with Gasteiger partial charge >= 0.3 is 5.97 Å². The minimum atomic E-state index is -0.666. The smallest absolute Gasteiger partial charge is 0.303 e. The van der Waals surface area contributed by atoms with Crippen LogP contribution in [0.2, 0.25) is 0 Å². The quantitative estimate of drug-likeness (QED) is 0.610. The molecule has 0 heterocycles. The molecule has 0 bridgehead atoms. The molecule has 0 spiro atoms. The van der Waals surface area contributed by atoms with Crippen molar-refractivity contribution < 1.29 is 15.0 Å². The minimum absolute atomic E-state index is 0.339. The predicted octanol–water partition coefficient (Wildman–Crippen LogP) is 5.65. The SMILES string of the molecule is CCCCCCCCC(=O)O.Cc1ccc(C(C)C)c(O)c1. The predicted molar refractivity (Wildman–Crippen MR) is 92.6 cm³/mol. The summed E-state index contributed by atoms with van der Waals surface area (Å²) >= 11 is 0. The molecule has 0 saturated heterocycles. The molecule has 0 fully saturated rings. The molecular weight excluding hydrogens is 276 g/mol.